The molecule has 0 amide bonds. The fourth-order valence-electron chi connectivity index (χ4n) is 1.68. The van der Waals surface area contributed by atoms with Crippen molar-refractivity contribution in [2.75, 3.05) is 0 Å². The molecule has 1 radical (unpaired) electrons. The van der Waals surface area contributed by atoms with Gasteiger partial charge in [0, 0.05) is 12.8 Å². The molecule has 4 nitrogen and oxygen atoms in total. The lowest BCUT2D eigenvalue weighted by molar-refractivity contribution is -0.156. The second kappa shape index (κ2) is 9.70. The van der Waals surface area contributed by atoms with Crippen LogP contribution in [0.5, 0.6) is 0 Å². The standard InChI is InChI=1S/C15H25O4/c1-15(2,3)19-14(18)12-13(17)10-8-6-4-5-7-9-11-16/h4-10,12H2,1-3H3. The number of esters is 1. The Morgan fingerprint density at radius 1 is 1.00 bits per heavy atom. The van der Waals surface area contributed by atoms with E-state index in [2.05, 4.69) is 0 Å². The van der Waals surface area contributed by atoms with Gasteiger partial charge in [-0.3, -0.25) is 14.4 Å². The van der Waals surface area contributed by atoms with Gasteiger partial charge in [-0.15, -0.1) is 0 Å². The van der Waals surface area contributed by atoms with Crippen LogP contribution in [0.1, 0.15) is 72.1 Å². The lowest BCUT2D eigenvalue weighted by Gasteiger charge is -2.19. The van der Waals surface area contributed by atoms with Gasteiger partial charge in [-0.2, -0.15) is 0 Å². The SMILES string of the molecule is CC(C)(C)OC(=O)CC(=O)CCCCCCC[C]=O. The minimum atomic E-state index is -0.535. The summed E-state index contributed by atoms with van der Waals surface area (Å²) >= 11 is 0. The minimum Gasteiger partial charge on any atom is -0.460 e. The first kappa shape index (κ1) is 17.8. The number of rotatable bonds is 10. The lowest BCUT2D eigenvalue weighted by atomic mass is 10.1. The Balaban J connectivity index is 3.54. The number of carbonyl (C=O) groups excluding carboxylic acids is 3. The van der Waals surface area contributed by atoms with Gasteiger partial charge in [0.1, 0.15) is 17.8 Å². The summed E-state index contributed by atoms with van der Waals surface area (Å²) in [6.07, 6.45) is 7.30. The fourth-order valence-corrected chi connectivity index (χ4v) is 1.68. The molecule has 0 fully saturated rings. The Morgan fingerprint density at radius 2 is 1.58 bits per heavy atom. The van der Waals surface area contributed by atoms with Gasteiger partial charge < -0.3 is 4.74 Å². The quantitative estimate of drug-likeness (QED) is 0.347. The van der Waals surface area contributed by atoms with E-state index in [1.807, 2.05) is 6.29 Å². The van der Waals surface area contributed by atoms with Crippen molar-refractivity contribution in [2.24, 2.45) is 0 Å². The van der Waals surface area contributed by atoms with E-state index >= 15 is 0 Å². The summed E-state index contributed by atoms with van der Waals surface area (Å²) in [6, 6.07) is 0. The van der Waals surface area contributed by atoms with E-state index in [9.17, 15) is 14.4 Å². The van der Waals surface area contributed by atoms with Crippen molar-refractivity contribution in [3.63, 3.8) is 0 Å². The van der Waals surface area contributed by atoms with Crippen LogP contribution in [0.3, 0.4) is 0 Å². The van der Waals surface area contributed by atoms with Crippen molar-refractivity contribution in [3.05, 3.63) is 0 Å². The van der Waals surface area contributed by atoms with Crippen molar-refractivity contribution in [1.29, 1.82) is 0 Å². The Labute approximate surface area is 115 Å². The number of ether oxygens (including phenoxy) is 1. The average molecular weight is 269 g/mol. The molecule has 0 unspecified atom stereocenters. The molecule has 0 aliphatic rings. The number of hydrogen-bond donors (Lipinski definition) is 0. The van der Waals surface area contributed by atoms with Crippen molar-refractivity contribution < 1.29 is 19.1 Å². The molecule has 0 spiro atoms. The van der Waals surface area contributed by atoms with Crippen LogP contribution in [-0.4, -0.2) is 23.6 Å². The summed E-state index contributed by atoms with van der Waals surface area (Å²) in [5.74, 6) is -0.505. The highest BCUT2D eigenvalue weighted by Gasteiger charge is 2.18. The molecule has 0 saturated heterocycles. The average Bonchev–Trinajstić information content (AvgIpc) is 2.25. The van der Waals surface area contributed by atoms with Gasteiger partial charge in [0.2, 0.25) is 0 Å². The third kappa shape index (κ3) is 13.0. The Bertz CT molecular complexity index is 289. The normalized spacial score (nSPS) is 11.1. The Kier molecular flexibility index (Phi) is 9.09. The van der Waals surface area contributed by atoms with Gasteiger partial charge in [0.15, 0.2) is 6.29 Å². The maximum atomic E-state index is 11.5. The third-order valence-electron chi connectivity index (χ3n) is 2.50. The van der Waals surface area contributed by atoms with Crippen LogP contribution in [0.25, 0.3) is 0 Å². The van der Waals surface area contributed by atoms with Crippen LogP contribution in [0.4, 0.5) is 0 Å². The predicted octanol–water partition coefficient (Wildman–Crippen LogP) is 3.13. The van der Waals surface area contributed by atoms with E-state index in [1.165, 1.54) is 0 Å². The molecule has 0 aromatic heterocycles. The zero-order chi connectivity index (χ0) is 14.7. The molecular weight excluding hydrogens is 244 g/mol. The maximum Gasteiger partial charge on any atom is 0.313 e. The largest absolute Gasteiger partial charge is 0.460 e. The van der Waals surface area contributed by atoms with E-state index in [1.54, 1.807) is 20.8 Å². The summed E-state index contributed by atoms with van der Waals surface area (Å²) in [5, 5.41) is 0. The highest BCUT2D eigenvalue weighted by atomic mass is 16.6. The molecule has 0 atom stereocenters. The maximum absolute atomic E-state index is 11.5. The highest BCUT2D eigenvalue weighted by molar-refractivity contribution is 5.95. The fraction of sp³-hybridized carbons (Fsp3) is 0.800. The molecule has 0 N–H and O–H groups in total. The number of unbranched alkanes of at least 4 members (excludes halogenated alkanes) is 5. The predicted molar refractivity (Wildman–Crippen MR) is 73.5 cm³/mol. The second-order valence-electron chi connectivity index (χ2n) is 5.71. The van der Waals surface area contributed by atoms with Gasteiger partial charge in [-0.1, -0.05) is 19.3 Å². The monoisotopic (exact) mass is 269 g/mol. The van der Waals surface area contributed by atoms with Gasteiger partial charge >= 0.3 is 5.97 Å². The molecule has 109 valence electrons. The Hall–Kier alpha value is -1.19. The molecule has 19 heavy (non-hydrogen) atoms. The minimum absolute atomic E-state index is 0.0597. The Morgan fingerprint density at radius 3 is 2.16 bits per heavy atom. The number of carbonyl (C=O) groups is 2. The summed E-state index contributed by atoms with van der Waals surface area (Å²) in [5.41, 5.74) is -0.535. The van der Waals surface area contributed by atoms with E-state index in [0.717, 1.165) is 32.1 Å². The van der Waals surface area contributed by atoms with E-state index in [4.69, 9.17) is 4.74 Å². The molecule has 0 aromatic rings. The summed E-state index contributed by atoms with van der Waals surface area (Å²) in [6.45, 7) is 5.35. The molecule has 0 aliphatic carbocycles. The highest BCUT2D eigenvalue weighted by Crippen LogP contribution is 2.11. The first-order valence-electron chi connectivity index (χ1n) is 6.93. The van der Waals surface area contributed by atoms with Crippen LogP contribution >= 0.6 is 0 Å². The van der Waals surface area contributed by atoms with E-state index in [-0.39, 0.29) is 12.2 Å². The van der Waals surface area contributed by atoms with Crippen LogP contribution in [0.15, 0.2) is 0 Å². The van der Waals surface area contributed by atoms with Crippen LogP contribution in [0, 0.1) is 0 Å². The zero-order valence-corrected chi connectivity index (χ0v) is 12.3. The first-order chi connectivity index (χ1) is 8.85. The molecular formula is C15H25O4. The van der Waals surface area contributed by atoms with Crippen molar-refractivity contribution in [1.82, 2.24) is 0 Å². The number of Topliss-reactive ketones (excluding diaryl/α,β-unsaturated/α-hetero) is 1. The smallest absolute Gasteiger partial charge is 0.313 e. The second-order valence-corrected chi connectivity index (χ2v) is 5.71. The molecule has 0 heterocycles. The first-order valence-corrected chi connectivity index (χ1v) is 6.93. The molecule has 0 aromatic carbocycles. The molecule has 0 saturated carbocycles. The number of ketones is 1. The van der Waals surface area contributed by atoms with Crippen molar-refractivity contribution >= 4 is 18.0 Å². The van der Waals surface area contributed by atoms with Gasteiger partial charge in [-0.05, 0) is 33.6 Å². The lowest BCUT2D eigenvalue weighted by Crippen LogP contribution is -2.25. The van der Waals surface area contributed by atoms with Gasteiger partial charge in [0.05, 0.1) is 0 Å². The molecule has 0 bridgehead atoms. The topological polar surface area (TPSA) is 60.4 Å². The molecule has 0 aliphatic heterocycles. The van der Waals surface area contributed by atoms with Gasteiger partial charge in [-0.25, -0.2) is 0 Å². The van der Waals surface area contributed by atoms with Crippen molar-refractivity contribution in [3.8, 4) is 0 Å². The summed E-state index contributed by atoms with van der Waals surface area (Å²) < 4.78 is 5.08. The summed E-state index contributed by atoms with van der Waals surface area (Å²) in [4.78, 5) is 32.9. The van der Waals surface area contributed by atoms with E-state index < -0.39 is 11.6 Å². The summed E-state index contributed by atoms with van der Waals surface area (Å²) in [7, 11) is 0. The van der Waals surface area contributed by atoms with Crippen molar-refractivity contribution in [2.45, 2.75) is 77.7 Å². The van der Waals surface area contributed by atoms with Crippen LogP contribution in [-0.2, 0) is 19.1 Å². The molecule has 0 rings (SSSR count). The van der Waals surface area contributed by atoms with E-state index in [0.29, 0.717) is 12.8 Å². The molecule has 4 heteroatoms. The van der Waals surface area contributed by atoms with Crippen LogP contribution in [0.2, 0.25) is 0 Å². The number of hydrogen-bond acceptors (Lipinski definition) is 4. The third-order valence-corrected chi connectivity index (χ3v) is 2.50. The van der Waals surface area contributed by atoms with Crippen LogP contribution < -0.4 is 0 Å². The zero-order valence-electron chi connectivity index (χ0n) is 12.3. The van der Waals surface area contributed by atoms with Gasteiger partial charge in [0.25, 0.3) is 0 Å².